The SMILES string of the molecule is COc1ccc([C@@H]2C/C=C\C[C@@H](c3cccc(Cl)c3)NC(=O)[C@H](c3ccccc3)CC(=O)N2)c(OC)c1. The highest BCUT2D eigenvalue weighted by Crippen LogP contribution is 2.33. The number of hydrogen-bond donors (Lipinski definition) is 2. The van der Waals surface area contributed by atoms with E-state index in [1.807, 2.05) is 78.9 Å². The zero-order valence-electron chi connectivity index (χ0n) is 20.9. The number of halogens is 1. The van der Waals surface area contributed by atoms with Crippen LogP contribution in [0.1, 0.15) is 54.0 Å². The molecule has 0 saturated carbocycles. The van der Waals surface area contributed by atoms with E-state index in [-0.39, 0.29) is 30.3 Å². The molecular weight excluding hydrogens is 488 g/mol. The Morgan fingerprint density at radius 2 is 1.51 bits per heavy atom. The van der Waals surface area contributed by atoms with Crippen LogP contribution in [0.5, 0.6) is 11.5 Å². The topological polar surface area (TPSA) is 76.7 Å². The molecule has 3 aromatic rings. The molecule has 0 saturated heterocycles. The Bertz CT molecular complexity index is 1260. The lowest BCUT2D eigenvalue weighted by Crippen LogP contribution is -2.37. The Morgan fingerprint density at radius 1 is 0.784 bits per heavy atom. The molecule has 192 valence electrons. The molecule has 2 amide bonds. The minimum Gasteiger partial charge on any atom is -0.497 e. The number of amides is 2. The summed E-state index contributed by atoms with van der Waals surface area (Å²) < 4.78 is 10.9. The molecule has 4 rings (SSSR count). The summed E-state index contributed by atoms with van der Waals surface area (Å²) in [7, 11) is 3.19. The van der Waals surface area contributed by atoms with Gasteiger partial charge >= 0.3 is 0 Å². The van der Waals surface area contributed by atoms with Gasteiger partial charge in [-0.3, -0.25) is 9.59 Å². The van der Waals surface area contributed by atoms with Crippen LogP contribution >= 0.6 is 11.6 Å². The minimum atomic E-state index is -0.648. The van der Waals surface area contributed by atoms with Crippen LogP contribution in [0.2, 0.25) is 5.02 Å². The van der Waals surface area contributed by atoms with Crippen LogP contribution in [0.4, 0.5) is 0 Å². The molecule has 0 spiro atoms. The summed E-state index contributed by atoms with van der Waals surface area (Å²) in [5, 5.41) is 6.89. The number of rotatable bonds is 5. The molecule has 0 aromatic heterocycles. The van der Waals surface area contributed by atoms with E-state index < -0.39 is 5.92 Å². The molecular formula is C30H31ClN2O4. The Morgan fingerprint density at radius 3 is 2.22 bits per heavy atom. The highest BCUT2D eigenvalue weighted by molar-refractivity contribution is 6.30. The predicted octanol–water partition coefficient (Wildman–Crippen LogP) is 5.90. The van der Waals surface area contributed by atoms with E-state index in [0.29, 0.717) is 29.4 Å². The highest BCUT2D eigenvalue weighted by atomic mass is 35.5. The fourth-order valence-corrected chi connectivity index (χ4v) is 4.79. The van der Waals surface area contributed by atoms with Crippen molar-refractivity contribution in [3.05, 3.63) is 107 Å². The lowest BCUT2D eigenvalue weighted by molar-refractivity contribution is -0.128. The van der Waals surface area contributed by atoms with Crippen LogP contribution in [-0.4, -0.2) is 26.0 Å². The second kappa shape index (κ2) is 12.5. The van der Waals surface area contributed by atoms with Crippen molar-refractivity contribution in [2.24, 2.45) is 0 Å². The van der Waals surface area contributed by atoms with Crippen molar-refractivity contribution in [3.63, 3.8) is 0 Å². The van der Waals surface area contributed by atoms with Crippen molar-refractivity contribution in [3.8, 4) is 11.5 Å². The van der Waals surface area contributed by atoms with Crippen LogP contribution in [0.3, 0.4) is 0 Å². The first-order valence-electron chi connectivity index (χ1n) is 12.3. The van der Waals surface area contributed by atoms with Gasteiger partial charge in [-0.2, -0.15) is 0 Å². The van der Waals surface area contributed by atoms with Crippen molar-refractivity contribution in [1.29, 1.82) is 0 Å². The molecule has 1 heterocycles. The lowest BCUT2D eigenvalue weighted by atomic mass is 9.92. The lowest BCUT2D eigenvalue weighted by Gasteiger charge is -2.26. The van der Waals surface area contributed by atoms with Gasteiger partial charge in [0, 0.05) is 23.1 Å². The van der Waals surface area contributed by atoms with E-state index in [1.165, 1.54) is 0 Å². The number of nitrogens with one attached hydrogen (secondary N) is 2. The zero-order chi connectivity index (χ0) is 26.2. The standard InChI is InChI=1S/C30H31ClN2O4/c1-36-23-15-16-24(28(18-23)37-2)27-14-7-6-13-26(21-11-8-12-22(31)17-21)33-30(35)25(19-29(34)32-27)20-9-4-3-5-10-20/h3-12,15-18,25-27H,13-14,19H2,1-2H3,(H,32,34)(H,33,35)/b7-6-/t25-,26-,27-/m0/s1. The van der Waals surface area contributed by atoms with E-state index in [0.717, 1.165) is 16.7 Å². The third-order valence-electron chi connectivity index (χ3n) is 6.54. The van der Waals surface area contributed by atoms with Crippen LogP contribution in [0.15, 0.2) is 84.9 Å². The molecule has 7 heteroatoms. The Hall–Kier alpha value is -3.77. The number of carbonyl (C=O) groups excluding carboxylic acids is 2. The van der Waals surface area contributed by atoms with Gasteiger partial charge in [0.1, 0.15) is 11.5 Å². The maximum absolute atomic E-state index is 13.6. The maximum atomic E-state index is 13.6. The second-order valence-corrected chi connectivity index (χ2v) is 9.39. The molecule has 0 radical (unpaired) electrons. The van der Waals surface area contributed by atoms with Gasteiger partial charge in [0.05, 0.1) is 32.2 Å². The molecule has 6 nitrogen and oxygen atoms in total. The van der Waals surface area contributed by atoms with E-state index in [4.69, 9.17) is 21.1 Å². The van der Waals surface area contributed by atoms with Crippen LogP contribution in [-0.2, 0) is 9.59 Å². The van der Waals surface area contributed by atoms with Crippen molar-refractivity contribution in [1.82, 2.24) is 10.6 Å². The predicted molar refractivity (Wildman–Crippen MR) is 145 cm³/mol. The van der Waals surface area contributed by atoms with Crippen molar-refractivity contribution < 1.29 is 19.1 Å². The van der Waals surface area contributed by atoms with Gasteiger partial charge in [-0.15, -0.1) is 0 Å². The van der Waals surface area contributed by atoms with Gasteiger partial charge in [0.2, 0.25) is 11.8 Å². The summed E-state index contributed by atoms with van der Waals surface area (Å²) >= 11 is 6.26. The third kappa shape index (κ3) is 6.71. The first kappa shape index (κ1) is 26.3. The summed E-state index contributed by atoms with van der Waals surface area (Å²) in [4.78, 5) is 26.9. The summed E-state index contributed by atoms with van der Waals surface area (Å²) in [6.07, 6.45) is 5.19. The van der Waals surface area contributed by atoms with E-state index >= 15 is 0 Å². The average Bonchev–Trinajstić information content (AvgIpc) is 2.92. The molecule has 0 fully saturated rings. The summed E-state index contributed by atoms with van der Waals surface area (Å²) in [5.41, 5.74) is 2.53. The highest BCUT2D eigenvalue weighted by Gasteiger charge is 2.28. The van der Waals surface area contributed by atoms with Crippen molar-refractivity contribution in [2.45, 2.75) is 37.3 Å². The molecule has 3 aromatic carbocycles. The first-order chi connectivity index (χ1) is 18.0. The maximum Gasteiger partial charge on any atom is 0.228 e. The number of hydrogen-bond acceptors (Lipinski definition) is 4. The smallest absolute Gasteiger partial charge is 0.228 e. The third-order valence-corrected chi connectivity index (χ3v) is 6.77. The summed E-state index contributed by atoms with van der Waals surface area (Å²) in [5.74, 6) is 0.212. The monoisotopic (exact) mass is 518 g/mol. The van der Waals surface area contributed by atoms with E-state index in [2.05, 4.69) is 10.6 Å². The molecule has 0 aliphatic carbocycles. The van der Waals surface area contributed by atoms with Crippen LogP contribution in [0, 0.1) is 0 Å². The van der Waals surface area contributed by atoms with Gasteiger partial charge in [-0.1, -0.05) is 66.2 Å². The number of methoxy groups -OCH3 is 2. The number of benzene rings is 3. The van der Waals surface area contributed by atoms with E-state index in [1.54, 1.807) is 20.3 Å². The van der Waals surface area contributed by atoms with Crippen molar-refractivity contribution in [2.75, 3.05) is 14.2 Å². The number of carbonyl (C=O) groups is 2. The number of ether oxygens (including phenoxy) is 2. The second-order valence-electron chi connectivity index (χ2n) is 8.95. The van der Waals surface area contributed by atoms with Gasteiger partial charge < -0.3 is 20.1 Å². The Kier molecular flexibility index (Phi) is 8.86. The Labute approximate surface area is 222 Å². The van der Waals surface area contributed by atoms with Gasteiger partial charge in [-0.25, -0.2) is 0 Å². The van der Waals surface area contributed by atoms with Crippen LogP contribution in [0.25, 0.3) is 0 Å². The molecule has 37 heavy (non-hydrogen) atoms. The average molecular weight is 519 g/mol. The minimum absolute atomic E-state index is 0.0107. The molecule has 1 aliphatic rings. The first-order valence-corrected chi connectivity index (χ1v) is 12.6. The molecule has 0 unspecified atom stereocenters. The van der Waals surface area contributed by atoms with Crippen LogP contribution < -0.4 is 20.1 Å². The van der Waals surface area contributed by atoms with Gasteiger partial charge in [0.15, 0.2) is 0 Å². The van der Waals surface area contributed by atoms with E-state index in [9.17, 15) is 9.59 Å². The van der Waals surface area contributed by atoms with Gasteiger partial charge in [-0.05, 0) is 48.2 Å². The molecule has 1 aliphatic heterocycles. The zero-order valence-corrected chi connectivity index (χ0v) is 21.7. The quantitative estimate of drug-likeness (QED) is 0.412. The fraction of sp³-hybridized carbons (Fsp3) is 0.267. The normalized spacial score (nSPS) is 21.5. The molecule has 3 atom stereocenters. The summed E-state index contributed by atoms with van der Waals surface area (Å²) in [6.45, 7) is 0. The Balaban J connectivity index is 1.71. The summed E-state index contributed by atoms with van der Waals surface area (Å²) in [6, 6.07) is 21.8. The molecule has 2 N–H and O–H groups in total. The van der Waals surface area contributed by atoms with Crippen molar-refractivity contribution >= 4 is 23.4 Å². The fourth-order valence-electron chi connectivity index (χ4n) is 4.59. The van der Waals surface area contributed by atoms with Gasteiger partial charge in [0.25, 0.3) is 0 Å². The largest absolute Gasteiger partial charge is 0.497 e. The molecule has 0 bridgehead atoms.